The summed E-state index contributed by atoms with van der Waals surface area (Å²) in [6.45, 7) is 2.34. The predicted octanol–water partition coefficient (Wildman–Crippen LogP) is 1.10. The summed E-state index contributed by atoms with van der Waals surface area (Å²) in [5, 5.41) is 4.54. The number of para-hydroxylation sites is 1. The fraction of sp³-hybridized carbons (Fsp3) is 0.444. The number of hydrogen-bond acceptors (Lipinski definition) is 7. The second-order valence-corrected chi connectivity index (χ2v) is 11.1. The molecular formula is C18H23N5O5S2. The van der Waals surface area contributed by atoms with Gasteiger partial charge in [0, 0.05) is 44.8 Å². The molecule has 1 fully saturated rings. The summed E-state index contributed by atoms with van der Waals surface area (Å²) in [5.41, 5.74) is 0.879. The molecule has 0 saturated carbocycles. The zero-order valence-electron chi connectivity index (χ0n) is 16.7. The highest BCUT2D eigenvalue weighted by Crippen LogP contribution is 2.23. The van der Waals surface area contributed by atoms with Crippen LogP contribution in [0.25, 0.3) is 11.0 Å². The van der Waals surface area contributed by atoms with E-state index in [2.05, 4.69) is 10.1 Å². The molecule has 162 valence electrons. The van der Waals surface area contributed by atoms with Gasteiger partial charge in [0.25, 0.3) is 10.0 Å². The Hall–Kier alpha value is -2.28. The van der Waals surface area contributed by atoms with E-state index in [1.165, 1.54) is 14.8 Å². The molecule has 0 atom stereocenters. The molecule has 0 spiro atoms. The Balaban J connectivity index is 1.50. The monoisotopic (exact) mass is 453 g/mol. The second kappa shape index (κ2) is 7.76. The van der Waals surface area contributed by atoms with Crippen LogP contribution in [0.5, 0.6) is 0 Å². The van der Waals surface area contributed by atoms with Gasteiger partial charge in [-0.05, 0) is 25.5 Å². The number of sulfonamides is 2. The van der Waals surface area contributed by atoms with Crippen molar-refractivity contribution < 1.29 is 21.4 Å². The lowest BCUT2D eigenvalue weighted by Crippen LogP contribution is -2.38. The van der Waals surface area contributed by atoms with Crippen molar-refractivity contribution in [2.45, 2.75) is 24.1 Å². The fourth-order valence-electron chi connectivity index (χ4n) is 3.48. The zero-order valence-corrected chi connectivity index (χ0v) is 18.4. The molecule has 2 aromatic heterocycles. The molecule has 0 radical (unpaired) electrons. The highest BCUT2D eigenvalue weighted by molar-refractivity contribution is 7.89. The minimum atomic E-state index is -3.78. The third-order valence-corrected chi connectivity index (χ3v) is 8.83. The minimum Gasteiger partial charge on any atom is -0.356 e. The van der Waals surface area contributed by atoms with Crippen LogP contribution in [0.1, 0.15) is 17.9 Å². The van der Waals surface area contributed by atoms with E-state index in [1.54, 1.807) is 42.8 Å². The first-order valence-electron chi connectivity index (χ1n) is 9.50. The summed E-state index contributed by atoms with van der Waals surface area (Å²) in [7, 11) is -5.74. The number of hydrogen-bond donors (Lipinski definition) is 0. The first kappa shape index (κ1) is 21.0. The van der Waals surface area contributed by atoms with Gasteiger partial charge in [0.05, 0.1) is 0 Å². The van der Waals surface area contributed by atoms with Crippen molar-refractivity contribution in [3.05, 3.63) is 42.0 Å². The Labute approximate surface area is 175 Å². The van der Waals surface area contributed by atoms with Gasteiger partial charge in [0.15, 0.2) is 10.6 Å². The Morgan fingerprint density at radius 1 is 1.03 bits per heavy atom. The lowest BCUT2D eigenvalue weighted by Gasteiger charge is -2.20. The van der Waals surface area contributed by atoms with Crippen LogP contribution >= 0.6 is 0 Å². The van der Waals surface area contributed by atoms with E-state index in [0.29, 0.717) is 28.9 Å². The van der Waals surface area contributed by atoms with Gasteiger partial charge in [0.2, 0.25) is 10.0 Å². The van der Waals surface area contributed by atoms with E-state index < -0.39 is 20.0 Å². The van der Waals surface area contributed by atoms with E-state index in [1.807, 2.05) is 0 Å². The molecule has 0 aliphatic carbocycles. The van der Waals surface area contributed by atoms with Crippen molar-refractivity contribution in [3.63, 3.8) is 0 Å². The van der Waals surface area contributed by atoms with Crippen LogP contribution in [0.15, 0.2) is 40.0 Å². The Morgan fingerprint density at radius 3 is 2.47 bits per heavy atom. The molecule has 30 heavy (non-hydrogen) atoms. The topological polar surface area (TPSA) is 119 Å². The molecule has 1 aromatic carbocycles. The van der Waals surface area contributed by atoms with Gasteiger partial charge in [-0.2, -0.15) is 4.31 Å². The van der Waals surface area contributed by atoms with Gasteiger partial charge in [0.1, 0.15) is 17.3 Å². The quantitative estimate of drug-likeness (QED) is 0.567. The number of benzene rings is 1. The largest absolute Gasteiger partial charge is 0.356 e. The summed E-state index contributed by atoms with van der Waals surface area (Å²) >= 11 is 0. The van der Waals surface area contributed by atoms with E-state index in [9.17, 15) is 16.8 Å². The van der Waals surface area contributed by atoms with Gasteiger partial charge in [-0.15, -0.1) is 0 Å². The average molecular weight is 454 g/mol. The first-order chi connectivity index (χ1) is 14.2. The van der Waals surface area contributed by atoms with Crippen LogP contribution in [-0.4, -0.2) is 66.3 Å². The molecule has 0 N–H and O–H groups in total. The highest BCUT2D eigenvalue weighted by Gasteiger charge is 2.33. The smallest absolute Gasteiger partial charge is 0.262 e. The molecule has 0 unspecified atom stereocenters. The maximum absolute atomic E-state index is 13.0. The molecule has 0 amide bonds. The maximum atomic E-state index is 13.0. The number of aryl methyl sites for hydroxylation is 2. The molecule has 10 nitrogen and oxygen atoms in total. The first-order valence-corrected chi connectivity index (χ1v) is 12.5. The number of nitrogens with zero attached hydrogens (tertiary/aromatic N) is 5. The van der Waals surface area contributed by atoms with Crippen LogP contribution in [0.4, 0.5) is 0 Å². The van der Waals surface area contributed by atoms with Crippen LogP contribution < -0.4 is 0 Å². The summed E-state index contributed by atoms with van der Waals surface area (Å²) in [5.74, 6) is 0.295. The number of imidazole rings is 1. The van der Waals surface area contributed by atoms with Crippen LogP contribution in [0.3, 0.4) is 0 Å². The third-order valence-electron chi connectivity index (χ3n) is 5.27. The SMILES string of the molecule is Cc1nc(S(=O)(=O)N2CCCN(S(=O)(=O)Cc3noc4ccccc34)CC2)cn1C. The maximum Gasteiger partial charge on any atom is 0.262 e. The summed E-state index contributed by atoms with van der Waals surface area (Å²) in [6.07, 6.45) is 1.86. The molecule has 3 aromatic rings. The van der Waals surface area contributed by atoms with Crippen molar-refractivity contribution in [1.29, 1.82) is 0 Å². The molecular weight excluding hydrogens is 430 g/mol. The van der Waals surface area contributed by atoms with Crippen LogP contribution in [-0.2, 0) is 32.8 Å². The van der Waals surface area contributed by atoms with Gasteiger partial charge >= 0.3 is 0 Å². The standard InChI is InChI=1S/C18H23N5O5S2/c1-14-19-18(12-21(14)2)30(26,27)23-9-5-8-22(10-11-23)29(24,25)13-16-15-6-3-4-7-17(15)28-20-16/h3-4,6-7,12H,5,8-11,13H2,1-2H3. The lowest BCUT2D eigenvalue weighted by molar-refractivity contribution is 0.402. The van der Waals surface area contributed by atoms with Crippen LogP contribution in [0, 0.1) is 6.92 Å². The minimum absolute atomic E-state index is 0.0205. The highest BCUT2D eigenvalue weighted by atomic mass is 32.2. The van der Waals surface area contributed by atoms with Gasteiger partial charge in [-0.1, -0.05) is 17.3 Å². The van der Waals surface area contributed by atoms with Crippen molar-refractivity contribution in [1.82, 2.24) is 23.3 Å². The zero-order chi connectivity index (χ0) is 21.5. The van der Waals surface area contributed by atoms with Crippen LogP contribution in [0.2, 0.25) is 0 Å². The molecule has 4 rings (SSSR count). The average Bonchev–Trinajstić information content (AvgIpc) is 3.13. The fourth-order valence-corrected chi connectivity index (χ4v) is 6.48. The molecule has 1 saturated heterocycles. The number of rotatable bonds is 5. The normalized spacial score (nSPS) is 17.4. The van der Waals surface area contributed by atoms with E-state index >= 15 is 0 Å². The second-order valence-electron chi connectivity index (χ2n) is 7.28. The molecule has 3 heterocycles. The lowest BCUT2D eigenvalue weighted by atomic mass is 10.2. The Bertz CT molecular complexity index is 1260. The summed E-state index contributed by atoms with van der Waals surface area (Å²) in [6, 6.07) is 7.08. The number of aromatic nitrogens is 3. The van der Waals surface area contributed by atoms with E-state index in [4.69, 9.17) is 4.52 Å². The Kier molecular flexibility index (Phi) is 5.43. The van der Waals surface area contributed by atoms with Gasteiger partial charge in [-0.25, -0.2) is 26.1 Å². The van der Waals surface area contributed by atoms with Crippen molar-refractivity contribution in [2.75, 3.05) is 26.2 Å². The molecule has 12 heteroatoms. The number of fused-ring (bicyclic) bond motifs is 1. The Morgan fingerprint density at radius 2 is 1.73 bits per heavy atom. The predicted molar refractivity (Wildman–Crippen MR) is 110 cm³/mol. The summed E-state index contributed by atoms with van der Waals surface area (Å²) < 4.78 is 61.3. The van der Waals surface area contributed by atoms with E-state index in [0.717, 1.165) is 0 Å². The van der Waals surface area contributed by atoms with Crippen molar-refractivity contribution in [2.24, 2.45) is 7.05 Å². The molecule has 0 bridgehead atoms. The van der Waals surface area contributed by atoms with Crippen molar-refractivity contribution >= 4 is 31.0 Å². The van der Waals surface area contributed by atoms with E-state index in [-0.39, 0.29) is 37.0 Å². The third kappa shape index (κ3) is 3.87. The molecule has 1 aliphatic rings. The molecule has 1 aliphatic heterocycles. The van der Waals surface area contributed by atoms with Gasteiger partial charge in [-0.3, -0.25) is 0 Å². The van der Waals surface area contributed by atoms with Crippen molar-refractivity contribution in [3.8, 4) is 0 Å². The summed E-state index contributed by atoms with van der Waals surface area (Å²) in [4.78, 5) is 4.12. The van der Waals surface area contributed by atoms with Gasteiger partial charge < -0.3 is 9.09 Å².